The lowest BCUT2D eigenvalue weighted by atomic mass is 10.2. The third-order valence-corrected chi connectivity index (χ3v) is 2.69. The Labute approximate surface area is 117 Å². The lowest BCUT2D eigenvalue weighted by Gasteiger charge is -2.23. The third-order valence-electron chi connectivity index (χ3n) is 2.19. The molecule has 1 aromatic carbocycles. The van der Waals surface area contributed by atoms with E-state index in [0.717, 1.165) is 10.0 Å². The predicted molar refractivity (Wildman–Crippen MR) is 74.8 cm³/mol. The fraction of sp³-hybridized carbons (Fsp3) is 0.500. The molecule has 100 valence electrons. The maximum Gasteiger partial charge on any atom is 0.347 e. The van der Waals surface area contributed by atoms with Gasteiger partial charge in [0.2, 0.25) is 0 Å². The molecule has 0 aromatic heterocycles. The Bertz CT molecular complexity index is 435. The molecule has 0 amide bonds. The summed E-state index contributed by atoms with van der Waals surface area (Å²) in [5.41, 5.74) is 0.481. The molecular weight excluding hydrogens is 296 g/mol. The van der Waals surface area contributed by atoms with Crippen molar-refractivity contribution in [1.82, 2.24) is 0 Å². The second-order valence-electron chi connectivity index (χ2n) is 5.20. The Morgan fingerprint density at radius 3 is 2.50 bits per heavy atom. The van der Waals surface area contributed by atoms with Crippen LogP contribution in [0, 0.1) is 6.92 Å². The van der Waals surface area contributed by atoms with Crippen molar-refractivity contribution in [3.63, 3.8) is 0 Å². The highest BCUT2D eigenvalue weighted by Crippen LogP contribution is 2.24. The fourth-order valence-corrected chi connectivity index (χ4v) is 1.66. The highest BCUT2D eigenvalue weighted by molar-refractivity contribution is 9.10. The molecule has 0 saturated heterocycles. The molecule has 0 aliphatic carbocycles. The number of ether oxygens (including phenoxy) is 2. The zero-order valence-corrected chi connectivity index (χ0v) is 13.0. The van der Waals surface area contributed by atoms with Gasteiger partial charge < -0.3 is 9.47 Å². The molecule has 1 rings (SSSR count). The molecule has 0 bridgehead atoms. The molecule has 0 aliphatic rings. The highest BCUT2D eigenvalue weighted by atomic mass is 79.9. The maximum absolute atomic E-state index is 11.8. The molecule has 0 spiro atoms. The zero-order valence-electron chi connectivity index (χ0n) is 11.4. The number of carbonyl (C=O) groups excluding carboxylic acids is 1. The number of hydrogen-bond acceptors (Lipinski definition) is 3. The van der Waals surface area contributed by atoms with E-state index in [2.05, 4.69) is 15.9 Å². The lowest BCUT2D eigenvalue weighted by Crippen LogP contribution is -2.33. The lowest BCUT2D eigenvalue weighted by molar-refractivity contribution is -0.162. The number of hydrogen-bond donors (Lipinski definition) is 0. The van der Waals surface area contributed by atoms with Gasteiger partial charge in [0.15, 0.2) is 6.10 Å². The molecule has 0 heterocycles. The first-order chi connectivity index (χ1) is 8.19. The minimum absolute atomic E-state index is 0.359. The van der Waals surface area contributed by atoms with Gasteiger partial charge >= 0.3 is 5.97 Å². The van der Waals surface area contributed by atoms with E-state index in [1.807, 2.05) is 45.9 Å². The summed E-state index contributed by atoms with van der Waals surface area (Å²) in [6, 6.07) is 5.71. The topological polar surface area (TPSA) is 35.5 Å². The molecule has 0 fully saturated rings. The summed E-state index contributed by atoms with van der Waals surface area (Å²) in [6.45, 7) is 9.13. The molecule has 3 nitrogen and oxygen atoms in total. The molecule has 0 N–H and O–H groups in total. The Balaban J connectivity index is 2.72. The van der Waals surface area contributed by atoms with E-state index in [1.165, 1.54) is 0 Å². The van der Waals surface area contributed by atoms with Crippen LogP contribution in [-0.2, 0) is 9.53 Å². The van der Waals surface area contributed by atoms with Crippen LogP contribution in [0.25, 0.3) is 0 Å². The van der Waals surface area contributed by atoms with Gasteiger partial charge in [-0.15, -0.1) is 0 Å². The molecule has 1 atom stereocenters. The van der Waals surface area contributed by atoms with Gasteiger partial charge in [0.1, 0.15) is 11.4 Å². The van der Waals surface area contributed by atoms with Crippen LogP contribution in [0.4, 0.5) is 0 Å². The summed E-state index contributed by atoms with van der Waals surface area (Å²) in [4.78, 5) is 11.8. The van der Waals surface area contributed by atoms with Gasteiger partial charge in [0.05, 0.1) is 0 Å². The minimum atomic E-state index is -0.628. The second-order valence-corrected chi connectivity index (χ2v) is 6.12. The molecule has 1 unspecified atom stereocenters. The van der Waals surface area contributed by atoms with E-state index >= 15 is 0 Å². The van der Waals surface area contributed by atoms with Crippen LogP contribution in [0.15, 0.2) is 22.7 Å². The van der Waals surface area contributed by atoms with Gasteiger partial charge in [-0.05, 0) is 52.3 Å². The Morgan fingerprint density at radius 1 is 1.33 bits per heavy atom. The molecule has 0 radical (unpaired) electrons. The number of esters is 1. The van der Waals surface area contributed by atoms with Crippen molar-refractivity contribution in [2.75, 3.05) is 0 Å². The van der Waals surface area contributed by atoms with Crippen LogP contribution >= 0.6 is 15.9 Å². The number of carbonyl (C=O) groups is 1. The summed E-state index contributed by atoms with van der Waals surface area (Å²) in [6.07, 6.45) is -0.628. The molecular formula is C14H19BrO3. The normalized spacial score (nSPS) is 13.0. The third kappa shape index (κ3) is 4.69. The summed E-state index contributed by atoms with van der Waals surface area (Å²) in [7, 11) is 0. The number of aryl methyl sites for hydroxylation is 1. The second kappa shape index (κ2) is 5.74. The zero-order chi connectivity index (χ0) is 13.9. The van der Waals surface area contributed by atoms with E-state index in [9.17, 15) is 4.79 Å². The highest BCUT2D eigenvalue weighted by Gasteiger charge is 2.23. The van der Waals surface area contributed by atoms with Gasteiger partial charge in [0, 0.05) is 4.47 Å². The first-order valence-corrected chi connectivity index (χ1v) is 6.64. The predicted octanol–water partition coefficient (Wildman–Crippen LogP) is 3.87. The van der Waals surface area contributed by atoms with Crippen LogP contribution in [0.2, 0.25) is 0 Å². The molecule has 18 heavy (non-hydrogen) atoms. The van der Waals surface area contributed by atoms with E-state index in [4.69, 9.17) is 9.47 Å². The number of rotatable bonds is 3. The molecule has 0 saturated carbocycles. The summed E-state index contributed by atoms with van der Waals surface area (Å²) < 4.78 is 11.8. The van der Waals surface area contributed by atoms with Gasteiger partial charge in [0.25, 0.3) is 0 Å². The van der Waals surface area contributed by atoms with E-state index < -0.39 is 11.7 Å². The van der Waals surface area contributed by atoms with Crippen LogP contribution in [0.1, 0.15) is 33.3 Å². The van der Waals surface area contributed by atoms with Crippen LogP contribution in [-0.4, -0.2) is 17.7 Å². The number of halogens is 1. The van der Waals surface area contributed by atoms with Gasteiger partial charge in [-0.1, -0.05) is 22.0 Å². The Hall–Kier alpha value is -1.03. The largest absolute Gasteiger partial charge is 0.479 e. The molecule has 4 heteroatoms. The van der Waals surface area contributed by atoms with Crippen molar-refractivity contribution in [2.45, 2.75) is 46.3 Å². The Morgan fingerprint density at radius 2 is 1.94 bits per heavy atom. The summed E-state index contributed by atoms with van der Waals surface area (Å²) in [5, 5.41) is 0. The van der Waals surface area contributed by atoms with Gasteiger partial charge in [-0.25, -0.2) is 4.79 Å². The molecule has 1 aromatic rings. The minimum Gasteiger partial charge on any atom is -0.479 e. The number of benzene rings is 1. The van der Waals surface area contributed by atoms with Crippen molar-refractivity contribution in [3.8, 4) is 5.75 Å². The Kier molecular flexibility index (Phi) is 4.79. The SMILES string of the molecule is Cc1ccc(Br)cc1OC(C)C(=O)OC(C)(C)C. The average molecular weight is 315 g/mol. The van der Waals surface area contributed by atoms with E-state index in [0.29, 0.717) is 5.75 Å². The first-order valence-electron chi connectivity index (χ1n) is 5.85. The van der Waals surface area contributed by atoms with Crippen molar-refractivity contribution in [2.24, 2.45) is 0 Å². The van der Waals surface area contributed by atoms with Crippen LogP contribution in [0.3, 0.4) is 0 Å². The molecule has 0 aliphatic heterocycles. The standard InChI is InChI=1S/C14H19BrO3/c1-9-6-7-11(15)8-12(9)17-10(2)13(16)18-14(3,4)5/h6-8,10H,1-5H3. The maximum atomic E-state index is 11.8. The van der Waals surface area contributed by atoms with Gasteiger partial charge in [-0.3, -0.25) is 0 Å². The first kappa shape index (κ1) is 15.0. The van der Waals surface area contributed by atoms with Crippen molar-refractivity contribution < 1.29 is 14.3 Å². The van der Waals surface area contributed by atoms with Crippen molar-refractivity contribution in [1.29, 1.82) is 0 Å². The van der Waals surface area contributed by atoms with Crippen LogP contribution < -0.4 is 4.74 Å². The average Bonchev–Trinajstić information content (AvgIpc) is 2.21. The van der Waals surface area contributed by atoms with Gasteiger partial charge in [-0.2, -0.15) is 0 Å². The summed E-state index contributed by atoms with van der Waals surface area (Å²) in [5.74, 6) is 0.324. The van der Waals surface area contributed by atoms with Crippen molar-refractivity contribution >= 4 is 21.9 Å². The summed E-state index contributed by atoms with van der Waals surface area (Å²) >= 11 is 3.38. The smallest absolute Gasteiger partial charge is 0.347 e. The van der Waals surface area contributed by atoms with Crippen LogP contribution in [0.5, 0.6) is 5.75 Å². The van der Waals surface area contributed by atoms with E-state index in [-0.39, 0.29) is 5.97 Å². The quantitative estimate of drug-likeness (QED) is 0.795. The van der Waals surface area contributed by atoms with E-state index in [1.54, 1.807) is 6.92 Å². The monoisotopic (exact) mass is 314 g/mol. The van der Waals surface area contributed by atoms with Crippen molar-refractivity contribution in [3.05, 3.63) is 28.2 Å². The fourth-order valence-electron chi connectivity index (χ4n) is 1.32.